The number of furan rings is 1. The van der Waals surface area contributed by atoms with Crippen LogP contribution in [0.1, 0.15) is 31.2 Å². The lowest BCUT2D eigenvalue weighted by atomic mass is 10.1. The zero-order valence-corrected chi connectivity index (χ0v) is 13.1. The number of halogens is 3. The zero-order chi connectivity index (χ0) is 16.9. The lowest BCUT2D eigenvalue weighted by molar-refractivity contribution is -0.137. The van der Waals surface area contributed by atoms with E-state index in [1.807, 2.05) is 19.9 Å². The van der Waals surface area contributed by atoms with E-state index in [9.17, 15) is 13.2 Å². The Bertz CT molecular complexity index is 595. The van der Waals surface area contributed by atoms with E-state index in [-0.39, 0.29) is 18.4 Å². The number of hydrogen-bond donors (Lipinski definition) is 1. The molecule has 23 heavy (non-hydrogen) atoms. The van der Waals surface area contributed by atoms with Crippen molar-refractivity contribution in [2.45, 2.75) is 26.1 Å². The quantitative estimate of drug-likeness (QED) is 0.828. The van der Waals surface area contributed by atoms with Crippen molar-refractivity contribution in [2.24, 2.45) is 0 Å². The third-order valence-electron chi connectivity index (χ3n) is 3.70. The van der Waals surface area contributed by atoms with Gasteiger partial charge in [0.25, 0.3) is 0 Å². The largest absolute Gasteiger partial charge is 0.468 e. The lowest BCUT2D eigenvalue weighted by Gasteiger charge is -2.28. The number of anilines is 1. The number of hydrogen-bond acceptors (Lipinski definition) is 4. The van der Waals surface area contributed by atoms with Crippen molar-refractivity contribution >= 4 is 5.82 Å². The molecule has 0 spiro atoms. The predicted octanol–water partition coefficient (Wildman–Crippen LogP) is 4.19. The Morgan fingerprint density at radius 2 is 1.96 bits per heavy atom. The highest BCUT2D eigenvalue weighted by Crippen LogP contribution is 2.33. The highest BCUT2D eigenvalue weighted by atomic mass is 19.4. The Kier molecular flexibility index (Phi) is 5.65. The van der Waals surface area contributed by atoms with Crippen LogP contribution in [0.15, 0.2) is 41.1 Å². The molecule has 0 aromatic carbocycles. The summed E-state index contributed by atoms with van der Waals surface area (Å²) in [4.78, 5) is 5.94. The van der Waals surface area contributed by atoms with Gasteiger partial charge < -0.3 is 9.73 Å². The number of nitrogens with one attached hydrogen (secondary N) is 1. The maximum Gasteiger partial charge on any atom is 0.419 e. The monoisotopic (exact) mass is 327 g/mol. The minimum Gasteiger partial charge on any atom is -0.468 e. The van der Waals surface area contributed by atoms with Crippen molar-refractivity contribution in [1.82, 2.24) is 9.88 Å². The summed E-state index contributed by atoms with van der Waals surface area (Å²) in [5, 5.41) is 2.82. The van der Waals surface area contributed by atoms with Crippen LogP contribution in [0.25, 0.3) is 0 Å². The molecule has 2 heterocycles. The number of pyridine rings is 1. The fraction of sp³-hybridized carbons (Fsp3) is 0.438. The fourth-order valence-corrected chi connectivity index (χ4v) is 2.52. The van der Waals surface area contributed by atoms with E-state index in [4.69, 9.17) is 4.42 Å². The van der Waals surface area contributed by atoms with E-state index >= 15 is 0 Å². The average Bonchev–Trinajstić information content (AvgIpc) is 3.05. The molecule has 0 aliphatic heterocycles. The van der Waals surface area contributed by atoms with Crippen LogP contribution in [0.4, 0.5) is 19.0 Å². The zero-order valence-electron chi connectivity index (χ0n) is 13.1. The Morgan fingerprint density at radius 1 is 1.22 bits per heavy atom. The molecular formula is C16H20F3N3O. The third-order valence-corrected chi connectivity index (χ3v) is 3.70. The first kappa shape index (κ1) is 17.3. The minimum atomic E-state index is -4.44. The minimum absolute atomic E-state index is 0.163. The van der Waals surface area contributed by atoms with Crippen LogP contribution >= 0.6 is 0 Å². The van der Waals surface area contributed by atoms with Crippen molar-refractivity contribution < 1.29 is 17.6 Å². The normalized spacial score (nSPS) is 13.3. The molecule has 0 bridgehead atoms. The molecule has 0 amide bonds. The molecule has 4 nitrogen and oxygen atoms in total. The van der Waals surface area contributed by atoms with E-state index < -0.39 is 11.7 Å². The van der Waals surface area contributed by atoms with Crippen LogP contribution in [-0.2, 0) is 6.18 Å². The van der Waals surface area contributed by atoms with E-state index in [1.165, 1.54) is 12.3 Å². The summed E-state index contributed by atoms with van der Waals surface area (Å²) in [6.45, 7) is 5.80. The summed E-state index contributed by atoms with van der Waals surface area (Å²) in [6, 6.07) is 5.74. The molecule has 1 atom stereocenters. The Balaban J connectivity index is 2.20. The molecule has 2 aromatic rings. The van der Waals surface area contributed by atoms with Gasteiger partial charge in [-0.2, -0.15) is 13.2 Å². The highest BCUT2D eigenvalue weighted by Gasteiger charge is 2.34. The van der Waals surface area contributed by atoms with Crippen molar-refractivity contribution in [2.75, 3.05) is 25.0 Å². The summed E-state index contributed by atoms with van der Waals surface area (Å²) in [5.41, 5.74) is -0.766. The standard InChI is InChI=1S/C16H20F3N3O/c1-3-22(4-2)13(14-8-6-10-23-14)11-21-15-12(16(17,18)19)7-5-9-20-15/h5-10,13H,3-4,11H2,1-2H3,(H,20,21). The van der Waals surface area contributed by atoms with Gasteiger partial charge in [-0.1, -0.05) is 13.8 Å². The highest BCUT2D eigenvalue weighted by molar-refractivity contribution is 5.45. The van der Waals surface area contributed by atoms with E-state index in [1.54, 1.807) is 12.3 Å². The van der Waals surface area contributed by atoms with Crippen LogP contribution in [0, 0.1) is 0 Å². The first-order chi connectivity index (χ1) is 11.0. The van der Waals surface area contributed by atoms with Gasteiger partial charge in [0.05, 0.1) is 17.9 Å². The molecule has 0 aliphatic rings. The predicted molar refractivity (Wildman–Crippen MR) is 82.1 cm³/mol. The van der Waals surface area contributed by atoms with E-state index in [2.05, 4.69) is 15.2 Å². The summed E-state index contributed by atoms with van der Waals surface area (Å²) < 4.78 is 44.5. The number of aromatic nitrogens is 1. The molecular weight excluding hydrogens is 307 g/mol. The molecule has 0 saturated heterocycles. The summed E-state index contributed by atoms with van der Waals surface area (Å²) in [5.74, 6) is 0.550. The second-order valence-corrected chi connectivity index (χ2v) is 5.03. The van der Waals surface area contributed by atoms with Gasteiger partial charge in [0.1, 0.15) is 11.6 Å². The summed E-state index contributed by atoms with van der Waals surface area (Å²) >= 11 is 0. The third kappa shape index (κ3) is 4.25. The van der Waals surface area contributed by atoms with Crippen LogP contribution in [-0.4, -0.2) is 29.5 Å². The Morgan fingerprint density at radius 3 is 2.52 bits per heavy atom. The smallest absolute Gasteiger partial charge is 0.419 e. The summed E-state index contributed by atoms with van der Waals surface area (Å²) in [6.07, 6.45) is -1.53. The van der Waals surface area contributed by atoms with Gasteiger partial charge in [0.15, 0.2) is 0 Å². The fourth-order valence-electron chi connectivity index (χ4n) is 2.52. The molecule has 1 unspecified atom stereocenters. The average molecular weight is 327 g/mol. The number of nitrogens with zero attached hydrogens (tertiary/aromatic N) is 2. The van der Waals surface area contributed by atoms with E-state index in [0.29, 0.717) is 5.76 Å². The van der Waals surface area contributed by atoms with Gasteiger partial charge in [0.2, 0.25) is 0 Å². The number of alkyl halides is 3. The van der Waals surface area contributed by atoms with E-state index in [0.717, 1.165) is 19.2 Å². The Labute approximate surface area is 133 Å². The van der Waals surface area contributed by atoms with Gasteiger partial charge in [-0.25, -0.2) is 4.98 Å². The number of likely N-dealkylation sites (N-methyl/N-ethyl adjacent to an activating group) is 1. The molecule has 1 N–H and O–H groups in total. The molecule has 0 radical (unpaired) electrons. The lowest BCUT2D eigenvalue weighted by Crippen LogP contribution is -2.33. The number of rotatable bonds is 7. The molecule has 0 saturated carbocycles. The first-order valence-corrected chi connectivity index (χ1v) is 7.50. The van der Waals surface area contributed by atoms with Crippen LogP contribution in [0.3, 0.4) is 0 Å². The molecule has 126 valence electrons. The first-order valence-electron chi connectivity index (χ1n) is 7.50. The maximum absolute atomic E-state index is 13.0. The van der Waals surface area contributed by atoms with Crippen molar-refractivity contribution in [3.05, 3.63) is 48.0 Å². The molecule has 2 aromatic heterocycles. The van der Waals surface area contributed by atoms with Crippen molar-refractivity contribution in [3.63, 3.8) is 0 Å². The maximum atomic E-state index is 13.0. The topological polar surface area (TPSA) is 41.3 Å². The second kappa shape index (κ2) is 7.50. The second-order valence-electron chi connectivity index (χ2n) is 5.03. The molecule has 0 aliphatic carbocycles. The van der Waals surface area contributed by atoms with Crippen LogP contribution in [0.5, 0.6) is 0 Å². The molecule has 7 heteroatoms. The van der Waals surface area contributed by atoms with Crippen molar-refractivity contribution in [3.8, 4) is 0 Å². The SMILES string of the molecule is CCN(CC)C(CNc1ncccc1C(F)(F)F)c1ccco1. The van der Waals surface area contributed by atoms with Crippen LogP contribution in [0.2, 0.25) is 0 Å². The van der Waals surface area contributed by atoms with Gasteiger partial charge in [-0.15, -0.1) is 0 Å². The Hall–Kier alpha value is -2.02. The molecule has 0 fully saturated rings. The molecule has 2 rings (SSSR count). The van der Waals surface area contributed by atoms with Crippen LogP contribution < -0.4 is 5.32 Å². The summed E-state index contributed by atoms with van der Waals surface area (Å²) in [7, 11) is 0. The van der Waals surface area contributed by atoms with Crippen molar-refractivity contribution in [1.29, 1.82) is 0 Å². The van der Waals surface area contributed by atoms with Gasteiger partial charge in [0, 0.05) is 12.7 Å². The van der Waals surface area contributed by atoms with Gasteiger partial charge in [-0.05, 0) is 37.4 Å². The van der Waals surface area contributed by atoms with Gasteiger partial charge in [-0.3, -0.25) is 4.90 Å². The van der Waals surface area contributed by atoms with Gasteiger partial charge >= 0.3 is 6.18 Å².